The number of benzene rings is 2. The molecule has 1 N–H and O–H groups in total. The van der Waals surface area contributed by atoms with Crippen molar-refractivity contribution in [2.24, 2.45) is 7.05 Å². The number of pyridine rings is 1. The van der Waals surface area contributed by atoms with E-state index in [-0.39, 0.29) is 18.2 Å². The molecule has 8 nitrogen and oxygen atoms in total. The topological polar surface area (TPSA) is 95.1 Å². The number of aliphatic hydroxyl groups is 1. The predicted octanol–water partition coefficient (Wildman–Crippen LogP) is 3.26. The van der Waals surface area contributed by atoms with Gasteiger partial charge in [-0.1, -0.05) is 30.3 Å². The smallest absolute Gasteiger partial charge is 0.261 e. The van der Waals surface area contributed by atoms with Crippen LogP contribution in [-0.4, -0.2) is 48.7 Å². The van der Waals surface area contributed by atoms with Crippen LogP contribution in [0, 0.1) is 0 Å². The summed E-state index contributed by atoms with van der Waals surface area (Å²) in [5.41, 5.74) is 4.25. The average molecular weight is 468 g/mol. The third-order valence-electron chi connectivity index (χ3n) is 6.70. The molecule has 0 saturated carbocycles. The molecule has 2 aromatic carbocycles. The predicted molar refractivity (Wildman–Crippen MR) is 133 cm³/mol. The lowest BCUT2D eigenvalue weighted by atomic mass is 9.97. The number of hydrogen-bond donors (Lipinski definition) is 1. The molecule has 1 aliphatic heterocycles. The van der Waals surface area contributed by atoms with Crippen molar-refractivity contribution in [1.29, 1.82) is 0 Å². The van der Waals surface area contributed by atoms with E-state index in [0.717, 1.165) is 33.3 Å². The quantitative estimate of drug-likeness (QED) is 0.408. The number of rotatable bonds is 4. The molecule has 1 aliphatic rings. The van der Waals surface area contributed by atoms with E-state index >= 15 is 0 Å². The van der Waals surface area contributed by atoms with Crippen LogP contribution in [0.2, 0.25) is 0 Å². The number of aromatic nitrogens is 5. The van der Waals surface area contributed by atoms with Crippen molar-refractivity contribution in [2.75, 3.05) is 13.2 Å². The van der Waals surface area contributed by atoms with Crippen LogP contribution in [0.15, 0.2) is 72.0 Å². The van der Waals surface area contributed by atoms with Crippen LogP contribution in [0.3, 0.4) is 0 Å². The van der Waals surface area contributed by atoms with Gasteiger partial charge in [-0.2, -0.15) is 5.10 Å². The Morgan fingerprint density at radius 3 is 2.77 bits per heavy atom. The number of aryl methyl sites for hydroxylation is 1. The number of hydrogen-bond acceptors (Lipinski definition) is 6. The second-order valence-electron chi connectivity index (χ2n) is 9.03. The minimum absolute atomic E-state index is 0.148. The first-order chi connectivity index (χ1) is 17.1. The molecule has 176 valence electrons. The molecule has 8 heteroatoms. The minimum Gasteiger partial charge on any atom is -0.389 e. The summed E-state index contributed by atoms with van der Waals surface area (Å²) in [6, 6.07) is 15.6. The molecule has 2 atom stereocenters. The van der Waals surface area contributed by atoms with E-state index in [0.29, 0.717) is 30.4 Å². The summed E-state index contributed by atoms with van der Waals surface area (Å²) in [5.74, 6) is 0. The van der Waals surface area contributed by atoms with E-state index in [2.05, 4.69) is 16.1 Å². The lowest BCUT2D eigenvalue weighted by molar-refractivity contribution is -0.0395. The van der Waals surface area contributed by atoms with E-state index in [4.69, 9.17) is 9.72 Å². The van der Waals surface area contributed by atoms with Crippen molar-refractivity contribution in [3.8, 4) is 11.3 Å². The van der Waals surface area contributed by atoms with Gasteiger partial charge in [0, 0.05) is 42.9 Å². The molecule has 3 aromatic heterocycles. The third-order valence-corrected chi connectivity index (χ3v) is 6.70. The zero-order valence-corrected chi connectivity index (χ0v) is 19.3. The zero-order valence-electron chi connectivity index (χ0n) is 19.3. The van der Waals surface area contributed by atoms with Crippen LogP contribution in [-0.2, 0) is 18.2 Å². The van der Waals surface area contributed by atoms with E-state index in [1.54, 1.807) is 21.8 Å². The zero-order chi connectivity index (χ0) is 23.9. The van der Waals surface area contributed by atoms with Gasteiger partial charge in [-0.25, -0.2) is 4.98 Å². The fourth-order valence-electron chi connectivity index (χ4n) is 4.95. The van der Waals surface area contributed by atoms with Gasteiger partial charge >= 0.3 is 0 Å². The summed E-state index contributed by atoms with van der Waals surface area (Å²) in [6.07, 6.45) is 5.71. The van der Waals surface area contributed by atoms with Crippen molar-refractivity contribution >= 4 is 21.7 Å². The second kappa shape index (κ2) is 8.72. The van der Waals surface area contributed by atoms with Gasteiger partial charge in [0.05, 0.1) is 47.9 Å². The number of nitrogens with zero attached hydrogens (tertiary/aromatic N) is 5. The Morgan fingerprint density at radius 2 is 1.97 bits per heavy atom. The molecule has 1 saturated heterocycles. The number of fused-ring (bicyclic) bond motifs is 3. The van der Waals surface area contributed by atoms with Crippen LogP contribution in [0.5, 0.6) is 0 Å². The van der Waals surface area contributed by atoms with Crippen molar-refractivity contribution in [2.45, 2.75) is 25.0 Å². The van der Waals surface area contributed by atoms with E-state index < -0.39 is 6.10 Å². The number of aliphatic hydroxyl groups excluding tert-OH is 1. The maximum absolute atomic E-state index is 13.6. The van der Waals surface area contributed by atoms with Gasteiger partial charge < -0.3 is 9.84 Å². The summed E-state index contributed by atoms with van der Waals surface area (Å²) in [7, 11) is 1.88. The summed E-state index contributed by atoms with van der Waals surface area (Å²) in [4.78, 5) is 23.1. The van der Waals surface area contributed by atoms with Gasteiger partial charge in [-0.3, -0.25) is 19.0 Å². The van der Waals surface area contributed by atoms with Crippen LogP contribution in [0.4, 0.5) is 0 Å². The fraction of sp³-hybridized carbons (Fsp3) is 0.259. The SMILES string of the molecule is Cn1cc(-c2cccc(Cc3cc4c(=O)n([C@H]5CCOC[C@@H]5O)cnc4c4ccccc34)n2)cn1. The van der Waals surface area contributed by atoms with Gasteiger partial charge in [0.2, 0.25) is 0 Å². The van der Waals surface area contributed by atoms with Crippen LogP contribution in [0.25, 0.3) is 32.9 Å². The second-order valence-corrected chi connectivity index (χ2v) is 9.03. The third kappa shape index (κ3) is 3.90. The van der Waals surface area contributed by atoms with Gasteiger partial charge in [-0.15, -0.1) is 0 Å². The highest BCUT2D eigenvalue weighted by molar-refractivity contribution is 6.06. The standard InChI is InChI=1S/C27H25N5O3/c1-31-14-18(13-29-31)23-8-4-5-19(30-23)11-17-12-22-26(21-7-3-2-6-20(17)21)28-16-32(27(22)34)24-9-10-35-15-25(24)33/h2-8,12-14,16,24-25,33H,9-11,15H2,1H3/t24-,25-/m0/s1. The van der Waals surface area contributed by atoms with Crippen molar-refractivity contribution < 1.29 is 9.84 Å². The maximum atomic E-state index is 13.6. The lowest BCUT2D eigenvalue weighted by Gasteiger charge is -2.29. The molecular formula is C27H25N5O3. The highest BCUT2D eigenvalue weighted by Crippen LogP contribution is 2.29. The van der Waals surface area contributed by atoms with E-state index in [9.17, 15) is 9.90 Å². The molecule has 0 amide bonds. The van der Waals surface area contributed by atoms with Crippen LogP contribution < -0.4 is 5.56 Å². The Hall–Kier alpha value is -3.88. The molecule has 0 bridgehead atoms. The highest BCUT2D eigenvalue weighted by Gasteiger charge is 2.27. The normalized spacial score (nSPS) is 18.3. The summed E-state index contributed by atoms with van der Waals surface area (Å²) >= 11 is 0. The molecule has 0 spiro atoms. The molecular weight excluding hydrogens is 442 g/mol. The molecule has 4 heterocycles. The maximum Gasteiger partial charge on any atom is 0.261 e. The molecule has 0 radical (unpaired) electrons. The minimum atomic E-state index is -0.736. The molecule has 5 aromatic rings. The molecule has 1 fully saturated rings. The monoisotopic (exact) mass is 467 g/mol. The molecule has 6 rings (SSSR count). The Kier molecular flexibility index (Phi) is 5.39. The Bertz CT molecular complexity index is 1610. The van der Waals surface area contributed by atoms with Gasteiger partial charge in [-0.05, 0) is 35.6 Å². The molecule has 35 heavy (non-hydrogen) atoms. The van der Waals surface area contributed by atoms with E-state index in [1.165, 1.54) is 0 Å². The first-order valence-electron chi connectivity index (χ1n) is 11.7. The number of ether oxygens (including phenoxy) is 1. The fourth-order valence-corrected chi connectivity index (χ4v) is 4.95. The average Bonchev–Trinajstić information content (AvgIpc) is 3.32. The Balaban J connectivity index is 1.48. The van der Waals surface area contributed by atoms with Gasteiger partial charge in [0.1, 0.15) is 0 Å². The molecule has 0 unspecified atom stereocenters. The Labute approximate surface area is 201 Å². The van der Waals surface area contributed by atoms with Gasteiger partial charge in [0.15, 0.2) is 0 Å². The van der Waals surface area contributed by atoms with Crippen molar-refractivity contribution in [1.82, 2.24) is 24.3 Å². The van der Waals surface area contributed by atoms with Crippen molar-refractivity contribution in [3.63, 3.8) is 0 Å². The van der Waals surface area contributed by atoms with E-state index in [1.807, 2.05) is 55.7 Å². The summed E-state index contributed by atoms with van der Waals surface area (Å²) in [6.45, 7) is 0.727. The first-order valence-corrected chi connectivity index (χ1v) is 11.7. The summed E-state index contributed by atoms with van der Waals surface area (Å²) in [5, 5.41) is 17.2. The Morgan fingerprint density at radius 1 is 1.11 bits per heavy atom. The van der Waals surface area contributed by atoms with Crippen LogP contribution in [0.1, 0.15) is 23.7 Å². The van der Waals surface area contributed by atoms with Crippen molar-refractivity contribution in [3.05, 3.63) is 88.9 Å². The van der Waals surface area contributed by atoms with Crippen LogP contribution >= 0.6 is 0 Å². The largest absolute Gasteiger partial charge is 0.389 e. The van der Waals surface area contributed by atoms with Gasteiger partial charge in [0.25, 0.3) is 5.56 Å². The summed E-state index contributed by atoms with van der Waals surface area (Å²) < 4.78 is 8.67. The highest BCUT2D eigenvalue weighted by atomic mass is 16.5. The molecule has 0 aliphatic carbocycles. The first kappa shape index (κ1) is 21.6. The lowest BCUT2D eigenvalue weighted by Crippen LogP contribution is -2.39.